The van der Waals surface area contributed by atoms with E-state index in [1.165, 1.54) is 10.4 Å². The molecule has 0 amide bonds. The second kappa shape index (κ2) is 11.7. The summed E-state index contributed by atoms with van der Waals surface area (Å²) in [5.74, 6) is 0.515. The summed E-state index contributed by atoms with van der Waals surface area (Å²) in [6.07, 6.45) is 0.220. The number of alkyl halides is 1. The Morgan fingerprint density at radius 2 is 1.44 bits per heavy atom. The Morgan fingerprint density at radius 1 is 0.941 bits per heavy atom. The zero-order chi connectivity index (χ0) is 24.9. The first-order valence-electron chi connectivity index (χ1n) is 12.6. The van der Waals surface area contributed by atoms with E-state index >= 15 is 0 Å². The Labute approximate surface area is 212 Å². The topological polar surface area (TPSA) is 52.9 Å². The lowest BCUT2D eigenvalue weighted by Gasteiger charge is -2.48. The van der Waals surface area contributed by atoms with E-state index in [1.54, 1.807) is 0 Å². The highest BCUT2D eigenvalue weighted by atomic mass is 35.5. The Balaban J connectivity index is 2.02. The first kappa shape index (κ1) is 27.4. The molecule has 3 rings (SSSR count). The lowest BCUT2D eigenvalue weighted by molar-refractivity contribution is -0.0886. The first-order valence-corrected chi connectivity index (χ1v) is 15.0. The number of hydrogen-bond acceptors (Lipinski definition) is 4. The number of rotatable bonds is 9. The van der Waals surface area contributed by atoms with Crippen LogP contribution in [0.25, 0.3) is 0 Å². The van der Waals surface area contributed by atoms with E-state index in [0.29, 0.717) is 19.1 Å². The molecule has 1 aliphatic rings. The lowest BCUT2D eigenvalue weighted by Crippen LogP contribution is -2.69. The van der Waals surface area contributed by atoms with Crippen LogP contribution in [-0.2, 0) is 4.43 Å². The van der Waals surface area contributed by atoms with Crippen molar-refractivity contribution in [2.24, 2.45) is 5.92 Å². The standard InChI is InChI=1S/C28H42ClNO3Si/c1-6-21(7-2)18-30-19-24(29)26(31)27(32)25(30)20-33-34(28(3,4)5,22-14-10-8-11-15-22)23-16-12-9-13-17-23/h8-17,21,24-27,31-32H,6-7,18-20H2,1-5H3/t24-,25?,26+,27+/m0/s1. The maximum Gasteiger partial charge on any atom is 0.261 e. The molecule has 0 aromatic heterocycles. The van der Waals surface area contributed by atoms with Gasteiger partial charge >= 0.3 is 0 Å². The van der Waals surface area contributed by atoms with Crippen LogP contribution in [0.4, 0.5) is 0 Å². The Kier molecular flexibility index (Phi) is 9.41. The Hall–Kier alpha value is -1.21. The fourth-order valence-electron chi connectivity index (χ4n) is 5.39. The van der Waals surface area contributed by atoms with Crippen molar-refractivity contribution >= 4 is 30.3 Å². The van der Waals surface area contributed by atoms with Gasteiger partial charge in [0, 0.05) is 13.1 Å². The van der Waals surface area contributed by atoms with Crippen LogP contribution in [0.3, 0.4) is 0 Å². The fourth-order valence-corrected chi connectivity index (χ4v) is 10.3. The van der Waals surface area contributed by atoms with Gasteiger partial charge in [0.05, 0.1) is 30.2 Å². The van der Waals surface area contributed by atoms with Crippen molar-refractivity contribution in [2.45, 2.75) is 76.1 Å². The summed E-state index contributed by atoms with van der Waals surface area (Å²) in [6, 6.07) is 20.8. The molecule has 1 aliphatic heterocycles. The highest BCUT2D eigenvalue weighted by molar-refractivity contribution is 6.99. The Morgan fingerprint density at radius 3 is 1.88 bits per heavy atom. The summed E-state index contributed by atoms with van der Waals surface area (Å²) >= 11 is 6.46. The number of likely N-dealkylation sites (tertiary alicyclic amines) is 1. The van der Waals surface area contributed by atoms with Crippen molar-refractivity contribution in [3.05, 3.63) is 60.7 Å². The van der Waals surface area contributed by atoms with Crippen molar-refractivity contribution in [1.29, 1.82) is 0 Å². The molecule has 0 saturated carbocycles. The summed E-state index contributed by atoms with van der Waals surface area (Å²) in [5, 5.41) is 23.6. The van der Waals surface area contributed by atoms with Gasteiger partial charge in [-0.2, -0.15) is 0 Å². The summed E-state index contributed by atoms with van der Waals surface area (Å²) in [5.41, 5.74) is 0. The molecular formula is C28H42ClNO3Si. The van der Waals surface area contributed by atoms with Gasteiger partial charge in [-0.3, -0.25) is 4.90 Å². The van der Waals surface area contributed by atoms with Crippen LogP contribution in [-0.4, -0.2) is 66.8 Å². The molecular weight excluding hydrogens is 462 g/mol. The average molecular weight is 504 g/mol. The molecule has 4 nitrogen and oxygen atoms in total. The van der Waals surface area contributed by atoms with Crippen molar-refractivity contribution < 1.29 is 14.6 Å². The summed E-state index contributed by atoms with van der Waals surface area (Å²) in [4.78, 5) is 2.25. The molecule has 0 spiro atoms. The van der Waals surface area contributed by atoms with E-state index in [0.717, 1.165) is 19.4 Å². The molecule has 4 atom stereocenters. The van der Waals surface area contributed by atoms with Gasteiger partial charge in [-0.05, 0) is 21.3 Å². The molecule has 0 bridgehead atoms. The molecule has 2 aromatic carbocycles. The van der Waals surface area contributed by atoms with Gasteiger partial charge in [-0.1, -0.05) is 108 Å². The first-order chi connectivity index (χ1) is 16.2. The number of halogens is 1. The Bertz CT molecular complexity index is 833. The number of hydrogen-bond donors (Lipinski definition) is 2. The number of aliphatic hydroxyl groups is 2. The predicted molar refractivity (Wildman–Crippen MR) is 145 cm³/mol. The molecule has 1 fully saturated rings. The molecule has 2 aromatic rings. The normalized spacial score (nSPS) is 24.5. The van der Waals surface area contributed by atoms with Crippen LogP contribution in [0.1, 0.15) is 47.5 Å². The second-order valence-electron chi connectivity index (χ2n) is 10.7. The molecule has 1 heterocycles. The quantitative estimate of drug-likeness (QED) is 0.401. The minimum atomic E-state index is -2.74. The molecule has 6 heteroatoms. The monoisotopic (exact) mass is 503 g/mol. The largest absolute Gasteiger partial charge is 0.406 e. The third kappa shape index (κ3) is 5.61. The third-order valence-corrected chi connectivity index (χ3v) is 12.9. The average Bonchev–Trinajstić information content (AvgIpc) is 2.83. The number of benzene rings is 2. The number of nitrogens with zero attached hydrogens (tertiary/aromatic N) is 1. The number of piperidine rings is 1. The summed E-state index contributed by atoms with van der Waals surface area (Å²) in [6.45, 7) is 12.9. The SMILES string of the molecule is CCC(CC)CN1C[C@H](Cl)[C@@H](O)[C@H](O)C1CO[Si](c1ccccc1)(c1ccccc1)C(C)(C)C. The molecule has 188 valence electrons. The highest BCUT2D eigenvalue weighted by Crippen LogP contribution is 2.37. The van der Waals surface area contributed by atoms with Crippen LogP contribution in [0.5, 0.6) is 0 Å². The van der Waals surface area contributed by atoms with E-state index in [4.69, 9.17) is 16.0 Å². The molecule has 1 saturated heterocycles. The highest BCUT2D eigenvalue weighted by Gasteiger charge is 2.51. The molecule has 0 radical (unpaired) electrons. The van der Waals surface area contributed by atoms with Crippen molar-refractivity contribution in [3.63, 3.8) is 0 Å². The van der Waals surface area contributed by atoms with Gasteiger partial charge in [-0.15, -0.1) is 11.6 Å². The van der Waals surface area contributed by atoms with Crippen LogP contribution < -0.4 is 10.4 Å². The van der Waals surface area contributed by atoms with E-state index in [1.807, 2.05) is 12.1 Å². The van der Waals surface area contributed by atoms with E-state index in [-0.39, 0.29) is 11.1 Å². The zero-order valence-electron chi connectivity index (χ0n) is 21.3. The molecule has 1 unspecified atom stereocenters. The molecule has 0 aliphatic carbocycles. The van der Waals surface area contributed by atoms with Crippen molar-refractivity contribution in [3.8, 4) is 0 Å². The van der Waals surface area contributed by atoms with Gasteiger partial charge in [0.25, 0.3) is 8.32 Å². The smallest absolute Gasteiger partial charge is 0.261 e. The maximum absolute atomic E-state index is 11.1. The van der Waals surface area contributed by atoms with Gasteiger partial charge in [-0.25, -0.2) is 0 Å². The third-order valence-electron chi connectivity index (χ3n) is 7.53. The van der Waals surface area contributed by atoms with Gasteiger partial charge in [0.2, 0.25) is 0 Å². The number of aliphatic hydroxyl groups excluding tert-OH is 2. The minimum absolute atomic E-state index is 0.150. The van der Waals surface area contributed by atoms with Crippen LogP contribution >= 0.6 is 11.6 Å². The van der Waals surface area contributed by atoms with E-state index in [9.17, 15) is 10.2 Å². The summed E-state index contributed by atoms with van der Waals surface area (Å²) in [7, 11) is -2.74. The van der Waals surface area contributed by atoms with Crippen molar-refractivity contribution in [2.75, 3.05) is 19.7 Å². The molecule has 2 N–H and O–H groups in total. The maximum atomic E-state index is 11.1. The van der Waals surface area contributed by atoms with Gasteiger partial charge in [0.1, 0.15) is 0 Å². The minimum Gasteiger partial charge on any atom is -0.406 e. The van der Waals surface area contributed by atoms with Crippen molar-refractivity contribution in [1.82, 2.24) is 4.90 Å². The van der Waals surface area contributed by atoms with Crippen LogP contribution in [0.2, 0.25) is 5.04 Å². The predicted octanol–water partition coefficient (Wildman–Crippen LogP) is 4.01. The van der Waals surface area contributed by atoms with Gasteiger partial charge in [0.15, 0.2) is 0 Å². The fraction of sp³-hybridized carbons (Fsp3) is 0.571. The van der Waals surface area contributed by atoms with E-state index < -0.39 is 25.9 Å². The second-order valence-corrected chi connectivity index (χ2v) is 15.5. The van der Waals surface area contributed by atoms with Crippen LogP contribution in [0.15, 0.2) is 60.7 Å². The summed E-state index contributed by atoms with van der Waals surface area (Å²) < 4.78 is 7.12. The van der Waals surface area contributed by atoms with Gasteiger partial charge < -0.3 is 14.6 Å². The molecule has 34 heavy (non-hydrogen) atoms. The zero-order valence-corrected chi connectivity index (χ0v) is 23.1. The van der Waals surface area contributed by atoms with Crippen LogP contribution in [0, 0.1) is 5.92 Å². The van der Waals surface area contributed by atoms with E-state index in [2.05, 4.69) is 88.0 Å². The lowest BCUT2D eigenvalue weighted by atomic mass is 9.93.